The topological polar surface area (TPSA) is 13.1 Å². The van der Waals surface area contributed by atoms with Gasteiger partial charge in [-0.05, 0) is 88.5 Å². The molecule has 1 heterocycles. The molecule has 0 aliphatic carbocycles. The van der Waals surface area contributed by atoms with Gasteiger partial charge in [0, 0.05) is 16.3 Å². The van der Waals surface area contributed by atoms with E-state index in [1.807, 2.05) is 6.07 Å². The fraction of sp³-hybridized carbons (Fsp3) is 0. The van der Waals surface area contributed by atoms with Crippen LogP contribution in [0.1, 0.15) is 0 Å². The normalized spacial score (nSPS) is 11.8. The molecule has 11 rings (SSSR count). The van der Waals surface area contributed by atoms with Gasteiger partial charge in [-0.3, -0.25) is 0 Å². The maximum atomic E-state index is 6.52. The lowest BCUT2D eigenvalue weighted by molar-refractivity contribution is 0.670. The quantitative estimate of drug-likeness (QED) is 0.166. The Hall–Kier alpha value is -6.96. The third-order valence-electron chi connectivity index (χ3n) is 11.1. The summed E-state index contributed by atoms with van der Waals surface area (Å²) in [6.45, 7) is 0. The van der Waals surface area contributed by atoms with Crippen LogP contribution in [0.4, 0.5) is 0 Å². The fourth-order valence-corrected chi connectivity index (χ4v) is 8.54. The summed E-state index contributed by atoms with van der Waals surface area (Å²) in [7, 11) is 0. The van der Waals surface area contributed by atoms with E-state index in [0.29, 0.717) is 0 Å². The first-order chi connectivity index (χ1) is 26.3. The maximum absolute atomic E-state index is 6.52. The molecular formula is C52H32O. The van der Waals surface area contributed by atoms with Crippen LogP contribution in [0.2, 0.25) is 0 Å². The zero-order valence-corrected chi connectivity index (χ0v) is 28.9. The third kappa shape index (κ3) is 4.71. The van der Waals surface area contributed by atoms with E-state index in [-0.39, 0.29) is 0 Å². The minimum absolute atomic E-state index is 0.906. The van der Waals surface area contributed by atoms with Gasteiger partial charge in [-0.1, -0.05) is 188 Å². The number of para-hydroxylation sites is 1. The second-order valence-electron chi connectivity index (χ2n) is 14.0. The van der Waals surface area contributed by atoms with Crippen molar-refractivity contribution in [1.29, 1.82) is 0 Å². The molecule has 0 saturated heterocycles. The van der Waals surface area contributed by atoms with Crippen molar-refractivity contribution in [3.8, 4) is 55.6 Å². The molecule has 1 heteroatoms. The van der Waals surface area contributed by atoms with Crippen molar-refractivity contribution in [1.82, 2.24) is 0 Å². The molecular weight excluding hydrogens is 641 g/mol. The minimum atomic E-state index is 0.906. The highest BCUT2D eigenvalue weighted by Gasteiger charge is 2.17. The summed E-state index contributed by atoms with van der Waals surface area (Å²) < 4.78 is 6.52. The van der Waals surface area contributed by atoms with Gasteiger partial charge < -0.3 is 4.42 Å². The number of furan rings is 1. The summed E-state index contributed by atoms with van der Waals surface area (Å²) in [5, 5.41) is 10.1. The predicted molar refractivity (Wildman–Crippen MR) is 225 cm³/mol. The van der Waals surface area contributed by atoms with Gasteiger partial charge in [-0.15, -0.1) is 0 Å². The van der Waals surface area contributed by atoms with Crippen LogP contribution in [0.5, 0.6) is 0 Å². The average molecular weight is 673 g/mol. The minimum Gasteiger partial charge on any atom is -0.455 e. The average Bonchev–Trinajstić information content (AvgIpc) is 3.63. The summed E-state index contributed by atoms with van der Waals surface area (Å²) in [5.41, 5.74) is 13.9. The zero-order chi connectivity index (χ0) is 34.9. The van der Waals surface area contributed by atoms with Gasteiger partial charge in [-0.25, -0.2) is 0 Å². The summed E-state index contributed by atoms with van der Waals surface area (Å²) in [6.07, 6.45) is 0. The van der Waals surface area contributed by atoms with Gasteiger partial charge in [0.25, 0.3) is 0 Å². The molecule has 0 unspecified atom stereocenters. The molecule has 0 spiro atoms. The Bertz CT molecular complexity index is 3120. The fourth-order valence-electron chi connectivity index (χ4n) is 8.54. The maximum Gasteiger partial charge on any atom is 0.143 e. The first kappa shape index (κ1) is 29.7. The first-order valence-electron chi connectivity index (χ1n) is 18.3. The number of hydrogen-bond acceptors (Lipinski definition) is 1. The van der Waals surface area contributed by atoms with Crippen molar-refractivity contribution >= 4 is 54.3 Å². The number of rotatable bonds is 5. The van der Waals surface area contributed by atoms with E-state index in [1.165, 1.54) is 76.8 Å². The van der Waals surface area contributed by atoms with Crippen LogP contribution in [0.3, 0.4) is 0 Å². The van der Waals surface area contributed by atoms with Crippen molar-refractivity contribution in [2.45, 2.75) is 0 Å². The Kier molecular flexibility index (Phi) is 6.62. The standard InChI is InChI=1S/C52H32O/c1-3-9-35(10-4-1)41-29-25-39-28-32-46-42(30-26-40-27-31-45(41)49(39)50(40)46)37-21-17-33(18-22-37)34-19-23-38(24-20-34)43-13-8-16-48-51(43)47-15-7-14-44(52(47)53-48)36-11-5-2-6-12-36/h1-32H. The molecule has 11 aromatic rings. The molecule has 0 bridgehead atoms. The molecule has 0 atom stereocenters. The Balaban J connectivity index is 0.951. The largest absolute Gasteiger partial charge is 0.455 e. The Morgan fingerprint density at radius 2 is 0.698 bits per heavy atom. The van der Waals surface area contributed by atoms with Crippen LogP contribution in [0, 0.1) is 0 Å². The van der Waals surface area contributed by atoms with E-state index in [4.69, 9.17) is 4.42 Å². The smallest absolute Gasteiger partial charge is 0.143 e. The van der Waals surface area contributed by atoms with Crippen LogP contribution in [0.25, 0.3) is 110 Å². The molecule has 10 aromatic carbocycles. The molecule has 0 aliphatic heterocycles. The molecule has 0 N–H and O–H groups in total. The molecule has 0 radical (unpaired) electrons. The van der Waals surface area contributed by atoms with Gasteiger partial charge in [-0.2, -0.15) is 0 Å². The van der Waals surface area contributed by atoms with E-state index in [2.05, 4.69) is 188 Å². The van der Waals surface area contributed by atoms with Crippen LogP contribution < -0.4 is 0 Å². The lowest BCUT2D eigenvalue weighted by Gasteiger charge is -2.16. The second kappa shape index (κ2) is 11.8. The highest BCUT2D eigenvalue weighted by atomic mass is 16.3. The molecule has 53 heavy (non-hydrogen) atoms. The molecule has 0 aliphatic rings. The summed E-state index contributed by atoms with van der Waals surface area (Å²) >= 11 is 0. The summed E-state index contributed by atoms with van der Waals surface area (Å²) in [4.78, 5) is 0. The lowest BCUT2D eigenvalue weighted by Crippen LogP contribution is -1.89. The molecule has 1 nitrogen and oxygen atoms in total. The summed E-state index contributed by atoms with van der Waals surface area (Å²) in [6, 6.07) is 70.3. The SMILES string of the molecule is c1ccc(-c2ccc3ccc4c(-c5ccc(-c6ccc(-c7cccc8oc9c(-c%10ccccc%10)cccc9c78)cc6)cc5)ccc5ccc2c3c54)cc1. The van der Waals surface area contributed by atoms with E-state index in [9.17, 15) is 0 Å². The van der Waals surface area contributed by atoms with Crippen molar-refractivity contribution in [2.24, 2.45) is 0 Å². The molecule has 1 aromatic heterocycles. The molecule has 0 fully saturated rings. The Labute approximate surface area is 307 Å². The number of hydrogen-bond donors (Lipinski definition) is 0. The monoisotopic (exact) mass is 672 g/mol. The van der Waals surface area contributed by atoms with Gasteiger partial charge >= 0.3 is 0 Å². The van der Waals surface area contributed by atoms with Crippen LogP contribution in [-0.2, 0) is 0 Å². The van der Waals surface area contributed by atoms with Gasteiger partial charge in [0.05, 0.1) is 0 Å². The number of fused-ring (bicyclic) bond motifs is 3. The predicted octanol–water partition coefficient (Wildman–Crippen LogP) is 14.8. The molecule has 0 amide bonds. The van der Waals surface area contributed by atoms with Crippen LogP contribution in [0.15, 0.2) is 199 Å². The highest BCUT2D eigenvalue weighted by molar-refractivity contribution is 6.27. The van der Waals surface area contributed by atoms with Crippen molar-refractivity contribution in [2.75, 3.05) is 0 Å². The Morgan fingerprint density at radius 1 is 0.245 bits per heavy atom. The van der Waals surface area contributed by atoms with Gasteiger partial charge in [0.1, 0.15) is 11.2 Å². The van der Waals surface area contributed by atoms with Crippen molar-refractivity contribution < 1.29 is 4.42 Å². The van der Waals surface area contributed by atoms with Crippen LogP contribution >= 0.6 is 0 Å². The third-order valence-corrected chi connectivity index (χ3v) is 11.1. The van der Waals surface area contributed by atoms with Gasteiger partial charge in [0.2, 0.25) is 0 Å². The molecule has 0 saturated carbocycles. The van der Waals surface area contributed by atoms with E-state index < -0.39 is 0 Å². The molecule has 246 valence electrons. The summed E-state index contributed by atoms with van der Waals surface area (Å²) in [5.74, 6) is 0. The van der Waals surface area contributed by atoms with Gasteiger partial charge in [0.15, 0.2) is 0 Å². The van der Waals surface area contributed by atoms with E-state index in [1.54, 1.807) is 0 Å². The highest BCUT2D eigenvalue weighted by Crippen LogP contribution is 2.43. The first-order valence-corrected chi connectivity index (χ1v) is 18.3. The zero-order valence-electron chi connectivity index (χ0n) is 28.9. The van der Waals surface area contributed by atoms with E-state index >= 15 is 0 Å². The Morgan fingerprint density at radius 3 is 1.28 bits per heavy atom. The number of benzene rings is 10. The van der Waals surface area contributed by atoms with Crippen molar-refractivity contribution in [3.63, 3.8) is 0 Å². The second-order valence-corrected chi connectivity index (χ2v) is 14.0. The van der Waals surface area contributed by atoms with Crippen molar-refractivity contribution in [3.05, 3.63) is 194 Å². The lowest BCUT2D eigenvalue weighted by atomic mass is 9.87. The van der Waals surface area contributed by atoms with Crippen LogP contribution in [-0.4, -0.2) is 0 Å². The van der Waals surface area contributed by atoms with E-state index in [0.717, 1.165) is 33.1 Å².